The fourth-order valence-electron chi connectivity index (χ4n) is 5.71. The van der Waals surface area contributed by atoms with Gasteiger partial charge in [-0.25, -0.2) is 0 Å². The molecule has 0 fully saturated rings. The molecule has 4 rings (SSSR count). The smallest absolute Gasteiger partial charge is 0.255 e. The zero-order valence-corrected chi connectivity index (χ0v) is 19.2. The van der Waals surface area contributed by atoms with E-state index in [1.807, 2.05) is 0 Å². The number of oxime groups is 1. The second-order valence-corrected chi connectivity index (χ2v) is 9.61. The summed E-state index contributed by atoms with van der Waals surface area (Å²) in [4.78, 5) is 26.8. The summed E-state index contributed by atoms with van der Waals surface area (Å²) in [5, 5.41) is 69.0. The minimum Gasteiger partial charge on any atom is -0.510 e. The molecule has 0 saturated heterocycles. The van der Waals surface area contributed by atoms with Crippen LogP contribution in [0.5, 0.6) is 5.75 Å². The topological polar surface area (TPSA) is 197 Å². The molecule has 3 aliphatic rings. The Bertz CT molecular complexity index is 1230. The number of amides is 1. The van der Waals surface area contributed by atoms with Gasteiger partial charge >= 0.3 is 0 Å². The Balaban J connectivity index is 2.10. The highest BCUT2D eigenvalue weighted by Crippen LogP contribution is 2.57. The first kappa shape index (κ1) is 24.0. The maximum atomic E-state index is 13.3. The molecule has 1 amide bonds. The number of aliphatic hydroxyl groups excluding tert-OH is 2. The first-order chi connectivity index (χ1) is 15.7. The summed E-state index contributed by atoms with van der Waals surface area (Å²) in [6.45, 7) is 1.37. The minimum atomic E-state index is -2.75. The van der Waals surface area contributed by atoms with E-state index in [4.69, 9.17) is 17.3 Å². The molecule has 0 heterocycles. The average Bonchev–Trinajstić information content (AvgIpc) is 2.73. The number of benzene rings is 1. The molecular weight excluding hydrogens is 470 g/mol. The molecule has 4 unspecified atom stereocenters. The van der Waals surface area contributed by atoms with E-state index in [1.165, 1.54) is 38.1 Å². The van der Waals surface area contributed by atoms with Crippen LogP contribution in [0.2, 0.25) is 5.02 Å². The van der Waals surface area contributed by atoms with Crippen LogP contribution in [-0.4, -0.2) is 78.8 Å². The van der Waals surface area contributed by atoms with Gasteiger partial charge in [0.2, 0.25) is 5.78 Å². The molecule has 1 aromatic carbocycles. The summed E-state index contributed by atoms with van der Waals surface area (Å²) in [6, 6.07) is 1.38. The summed E-state index contributed by atoms with van der Waals surface area (Å²) < 4.78 is 0. The molecule has 1 aromatic rings. The molecule has 34 heavy (non-hydrogen) atoms. The van der Waals surface area contributed by atoms with Gasteiger partial charge in [-0.3, -0.25) is 14.5 Å². The van der Waals surface area contributed by atoms with Gasteiger partial charge < -0.3 is 36.5 Å². The van der Waals surface area contributed by atoms with Crippen molar-refractivity contribution in [2.24, 2.45) is 22.7 Å². The van der Waals surface area contributed by atoms with Crippen LogP contribution >= 0.6 is 11.6 Å². The van der Waals surface area contributed by atoms with E-state index in [9.17, 15) is 40.3 Å². The standard InChI is InChI=1S/C22H24ClN3O8/c1-21(32)7-6-8-16(26(2)3)17(28)13(20(24)31)19(30)22(8,33)18(29)11(7)15(25-34)12-10(27)5-4-9(23)14(12)21/h4-5,7-8,16,27-29,32-34H,6H2,1-3H3,(H2,24,31)/t7?,8?,16-,21?,22?/m0/s1. The number of likely N-dealkylation sites (N-methyl/N-ethyl adjacent to an activating group) is 1. The van der Waals surface area contributed by atoms with Crippen molar-refractivity contribution >= 4 is 29.0 Å². The number of carbonyl (C=O) groups is 2. The van der Waals surface area contributed by atoms with Crippen molar-refractivity contribution in [2.75, 3.05) is 14.1 Å². The summed E-state index contributed by atoms with van der Waals surface area (Å²) in [6.07, 6.45) is -0.224. The van der Waals surface area contributed by atoms with Crippen LogP contribution in [0.25, 0.3) is 0 Å². The Morgan fingerprint density at radius 3 is 2.38 bits per heavy atom. The molecule has 11 nitrogen and oxygen atoms in total. The van der Waals surface area contributed by atoms with Crippen LogP contribution in [0.1, 0.15) is 24.5 Å². The van der Waals surface area contributed by atoms with Gasteiger partial charge in [0, 0.05) is 28.0 Å². The summed E-state index contributed by atoms with van der Waals surface area (Å²) >= 11 is 6.34. The second-order valence-electron chi connectivity index (χ2n) is 9.20. The number of hydrogen-bond donors (Lipinski definition) is 7. The van der Waals surface area contributed by atoms with Crippen molar-refractivity contribution in [3.05, 3.63) is 50.9 Å². The van der Waals surface area contributed by atoms with E-state index in [2.05, 4.69) is 5.16 Å². The number of fused-ring (bicyclic) bond motifs is 3. The van der Waals surface area contributed by atoms with E-state index in [-0.39, 0.29) is 28.1 Å². The van der Waals surface area contributed by atoms with E-state index in [0.29, 0.717) is 0 Å². The van der Waals surface area contributed by atoms with E-state index in [1.54, 1.807) is 0 Å². The van der Waals surface area contributed by atoms with Crippen LogP contribution in [0.3, 0.4) is 0 Å². The minimum absolute atomic E-state index is 0.0232. The Morgan fingerprint density at radius 1 is 1.24 bits per heavy atom. The lowest BCUT2D eigenvalue weighted by atomic mass is 9.55. The Labute approximate surface area is 198 Å². The number of aliphatic hydroxyl groups is 4. The fraction of sp³-hybridized carbons (Fsp3) is 0.409. The molecule has 182 valence electrons. The Hall–Kier alpha value is -3.12. The van der Waals surface area contributed by atoms with Gasteiger partial charge in [-0.2, -0.15) is 0 Å². The van der Waals surface area contributed by atoms with E-state index in [0.717, 1.165) is 0 Å². The number of hydrogen-bond acceptors (Lipinski definition) is 10. The fourth-order valence-corrected chi connectivity index (χ4v) is 6.06. The van der Waals surface area contributed by atoms with Crippen molar-refractivity contribution < 1.29 is 40.3 Å². The number of rotatable bonds is 2. The third-order valence-electron chi connectivity index (χ3n) is 7.19. The quantitative estimate of drug-likeness (QED) is 0.173. The molecule has 0 radical (unpaired) electrons. The average molecular weight is 494 g/mol. The molecule has 0 aromatic heterocycles. The van der Waals surface area contributed by atoms with Gasteiger partial charge in [-0.15, -0.1) is 0 Å². The lowest BCUT2D eigenvalue weighted by Gasteiger charge is -2.53. The first-order valence-electron chi connectivity index (χ1n) is 10.3. The predicted octanol–water partition coefficient (Wildman–Crippen LogP) is 0.435. The Kier molecular flexibility index (Phi) is 5.26. The Morgan fingerprint density at radius 2 is 1.85 bits per heavy atom. The van der Waals surface area contributed by atoms with Crippen LogP contribution in [0.15, 0.2) is 40.0 Å². The number of phenolic OH excluding ortho intramolecular Hbond substituents is 1. The number of nitrogens with two attached hydrogens (primary N) is 1. The van der Waals surface area contributed by atoms with E-state index >= 15 is 0 Å². The highest BCUT2D eigenvalue weighted by molar-refractivity contribution is 6.33. The number of halogens is 1. The SMILES string of the molecule is CN(C)[C@@H]1C(O)=C(C(N)=O)C(=O)C2(O)C(O)=C3C(=NO)c4c(O)ccc(Cl)c4C(C)(O)C3CC12. The number of phenols is 1. The van der Waals surface area contributed by atoms with Gasteiger partial charge in [0.15, 0.2) is 5.60 Å². The van der Waals surface area contributed by atoms with Gasteiger partial charge in [-0.05, 0) is 39.6 Å². The lowest BCUT2D eigenvalue weighted by molar-refractivity contribution is -0.151. The predicted molar refractivity (Wildman–Crippen MR) is 119 cm³/mol. The maximum absolute atomic E-state index is 13.3. The van der Waals surface area contributed by atoms with Crippen LogP contribution in [0, 0.1) is 11.8 Å². The van der Waals surface area contributed by atoms with Crippen LogP contribution < -0.4 is 5.73 Å². The van der Waals surface area contributed by atoms with Crippen molar-refractivity contribution in [3.8, 4) is 5.75 Å². The summed E-state index contributed by atoms with van der Waals surface area (Å²) in [7, 11) is 3.05. The third-order valence-corrected chi connectivity index (χ3v) is 7.51. The van der Waals surface area contributed by atoms with Gasteiger partial charge in [-0.1, -0.05) is 16.8 Å². The lowest BCUT2D eigenvalue weighted by Crippen LogP contribution is -2.65. The van der Waals surface area contributed by atoms with Gasteiger partial charge in [0.05, 0.1) is 17.2 Å². The summed E-state index contributed by atoms with van der Waals surface area (Å²) in [5.41, 5.74) is -1.10. The molecule has 5 atom stereocenters. The molecule has 0 bridgehead atoms. The number of Topliss-reactive ketones (excluding diaryl/α,β-unsaturated/α-hetero) is 1. The third kappa shape index (κ3) is 2.78. The van der Waals surface area contributed by atoms with Crippen molar-refractivity contribution in [1.82, 2.24) is 4.90 Å². The zero-order valence-electron chi connectivity index (χ0n) is 18.4. The first-order valence-corrected chi connectivity index (χ1v) is 10.7. The number of aromatic hydroxyl groups is 1. The molecule has 0 aliphatic heterocycles. The number of ketones is 1. The van der Waals surface area contributed by atoms with Crippen molar-refractivity contribution in [1.29, 1.82) is 0 Å². The van der Waals surface area contributed by atoms with Crippen molar-refractivity contribution in [3.63, 3.8) is 0 Å². The highest BCUT2D eigenvalue weighted by Gasteiger charge is 2.65. The molecular formula is C22H24ClN3O8. The maximum Gasteiger partial charge on any atom is 0.255 e. The molecule has 12 heteroatoms. The van der Waals surface area contributed by atoms with Gasteiger partial charge in [0.1, 0.15) is 28.6 Å². The zero-order chi connectivity index (χ0) is 25.5. The second kappa shape index (κ2) is 7.44. The number of primary amides is 1. The van der Waals surface area contributed by atoms with E-state index < -0.39 is 69.3 Å². The normalized spacial score (nSPS) is 34.3. The monoisotopic (exact) mass is 493 g/mol. The highest BCUT2D eigenvalue weighted by atomic mass is 35.5. The summed E-state index contributed by atoms with van der Waals surface area (Å²) in [5.74, 6) is -7.09. The largest absolute Gasteiger partial charge is 0.510 e. The van der Waals surface area contributed by atoms with Crippen LogP contribution in [0.4, 0.5) is 0 Å². The van der Waals surface area contributed by atoms with Crippen molar-refractivity contribution in [2.45, 2.75) is 30.6 Å². The molecule has 0 saturated carbocycles. The number of nitrogens with zero attached hydrogens (tertiary/aromatic N) is 2. The number of carbonyl (C=O) groups excluding carboxylic acids is 2. The molecule has 8 N–H and O–H groups in total. The molecule has 3 aliphatic carbocycles. The van der Waals surface area contributed by atoms with Gasteiger partial charge in [0.25, 0.3) is 5.91 Å². The van der Waals surface area contributed by atoms with Crippen LogP contribution in [-0.2, 0) is 15.2 Å². The molecule has 0 spiro atoms.